The average Bonchev–Trinajstić information content (AvgIpc) is 2.95. The fraction of sp³-hybridized carbons (Fsp3) is 0.308. The van der Waals surface area contributed by atoms with Crippen molar-refractivity contribution in [3.63, 3.8) is 0 Å². The molecule has 0 amide bonds. The lowest BCUT2D eigenvalue weighted by atomic mass is 10.2. The highest BCUT2D eigenvalue weighted by atomic mass is 32.2. The van der Waals surface area contributed by atoms with E-state index in [0.717, 1.165) is 33.5 Å². The van der Waals surface area contributed by atoms with Crippen LogP contribution in [0.15, 0.2) is 35.5 Å². The van der Waals surface area contributed by atoms with Gasteiger partial charge in [0.05, 0.1) is 18.4 Å². The number of alkyl halides is 2. The molecule has 1 aliphatic heterocycles. The smallest absolute Gasteiger partial charge is 0.267 e. The Kier molecular flexibility index (Phi) is 3.92. The number of fused-ring (bicyclic) bond motifs is 1. The Morgan fingerprint density at radius 1 is 1.35 bits per heavy atom. The normalized spacial score (nSPS) is 14.7. The monoisotopic (exact) mass is 347 g/mol. The van der Waals surface area contributed by atoms with Crippen LogP contribution in [0.2, 0.25) is 0 Å². The Bertz CT molecular complexity index is 823. The van der Waals surface area contributed by atoms with Crippen molar-refractivity contribution in [1.29, 1.82) is 0 Å². The van der Waals surface area contributed by atoms with Crippen molar-refractivity contribution in [3.8, 4) is 5.75 Å². The van der Waals surface area contributed by atoms with Gasteiger partial charge in [0.2, 0.25) is 0 Å². The maximum atomic E-state index is 13.4. The number of sulfonamides is 1. The number of aromatic nitrogens is 2. The van der Waals surface area contributed by atoms with Crippen LogP contribution in [0.25, 0.3) is 0 Å². The zero-order valence-electron chi connectivity index (χ0n) is 11.7. The van der Waals surface area contributed by atoms with Gasteiger partial charge >= 0.3 is 0 Å². The third kappa shape index (κ3) is 2.98. The minimum absolute atomic E-state index is 0.0151. The highest BCUT2D eigenvalue weighted by Gasteiger charge is 2.31. The summed E-state index contributed by atoms with van der Waals surface area (Å²) in [5.41, 5.74) is 0.0675. The molecule has 0 atom stereocenters. The molecule has 1 aliphatic rings. The molecule has 0 radical (unpaired) electrons. The van der Waals surface area contributed by atoms with E-state index < -0.39 is 28.8 Å². The first-order valence-corrected chi connectivity index (χ1v) is 8.07. The molecule has 10 heteroatoms. The van der Waals surface area contributed by atoms with Crippen molar-refractivity contribution >= 4 is 15.7 Å². The third-order valence-corrected chi connectivity index (χ3v) is 5.03. The van der Waals surface area contributed by atoms with Crippen LogP contribution in [0.5, 0.6) is 5.75 Å². The van der Waals surface area contributed by atoms with Gasteiger partial charge in [-0.25, -0.2) is 21.6 Å². The highest BCUT2D eigenvalue weighted by Crippen LogP contribution is 2.35. The Hall–Kier alpha value is -2.23. The lowest BCUT2D eigenvalue weighted by Crippen LogP contribution is -2.37. The maximum absolute atomic E-state index is 13.4. The quantitative estimate of drug-likeness (QED) is 0.847. The molecule has 1 aromatic carbocycles. The van der Waals surface area contributed by atoms with Crippen LogP contribution >= 0.6 is 0 Å². The molecule has 23 heavy (non-hydrogen) atoms. The van der Waals surface area contributed by atoms with E-state index in [1.54, 1.807) is 0 Å². The predicted molar refractivity (Wildman–Crippen MR) is 74.7 cm³/mol. The van der Waals surface area contributed by atoms with Gasteiger partial charge in [-0.05, 0) is 12.1 Å². The molecule has 0 bridgehead atoms. The van der Waals surface area contributed by atoms with Gasteiger partial charge in [-0.1, -0.05) is 0 Å². The SMILES string of the molecule is O=S(=O)(c1cnn(CC(F)F)c1)N1CCOc2ccc(F)cc21. The topological polar surface area (TPSA) is 64.4 Å². The van der Waals surface area contributed by atoms with E-state index in [9.17, 15) is 21.6 Å². The second-order valence-electron chi connectivity index (χ2n) is 4.83. The summed E-state index contributed by atoms with van der Waals surface area (Å²) in [6.45, 7) is -0.619. The number of hydrogen-bond acceptors (Lipinski definition) is 4. The van der Waals surface area contributed by atoms with Crippen molar-refractivity contribution in [2.75, 3.05) is 17.5 Å². The van der Waals surface area contributed by atoms with E-state index in [1.807, 2.05) is 0 Å². The van der Waals surface area contributed by atoms with Crippen molar-refractivity contribution in [1.82, 2.24) is 9.78 Å². The Morgan fingerprint density at radius 2 is 2.13 bits per heavy atom. The molecular formula is C13H12F3N3O3S. The van der Waals surface area contributed by atoms with E-state index in [2.05, 4.69) is 5.10 Å². The number of nitrogens with zero attached hydrogens (tertiary/aromatic N) is 3. The minimum Gasteiger partial charge on any atom is -0.489 e. The zero-order chi connectivity index (χ0) is 16.6. The van der Waals surface area contributed by atoms with Gasteiger partial charge in [0.15, 0.2) is 0 Å². The Labute approximate surface area is 130 Å². The largest absolute Gasteiger partial charge is 0.489 e. The summed E-state index contributed by atoms with van der Waals surface area (Å²) >= 11 is 0. The molecule has 0 spiro atoms. The van der Waals surface area contributed by atoms with Crippen LogP contribution in [-0.4, -0.2) is 37.8 Å². The van der Waals surface area contributed by atoms with Gasteiger partial charge in [0.1, 0.15) is 29.6 Å². The van der Waals surface area contributed by atoms with E-state index in [4.69, 9.17) is 4.74 Å². The maximum Gasteiger partial charge on any atom is 0.267 e. The van der Waals surface area contributed by atoms with Gasteiger partial charge in [-0.3, -0.25) is 8.99 Å². The van der Waals surface area contributed by atoms with Gasteiger partial charge in [-0.15, -0.1) is 0 Å². The van der Waals surface area contributed by atoms with E-state index in [-0.39, 0.29) is 29.5 Å². The summed E-state index contributed by atoms with van der Waals surface area (Å²) in [5.74, 6) is -0.371. The highest BCUT2D eigenvalue weighted by molar-refractivity contribution is 7.92. The average molecular weight is 347 g/mol. The van der Waals surface area contributed by atoms with E-state index in [1.165, 1.54) is 6.07 Å². The first kappa shape index (κ1) is 15.7. The number of rotatable bonds is 4. The van der Waals surface area contributed by atoms with Gasteiger partial charge in [0, 0.05) is 12.3 Å². The van der Waals surface area contributed by atoms with Crippen molar-refractivity contribution < 1.29 is 26.3 Å². The standard InChI is InChI=1S/C13H12F3N3O3S/c14-9-1-2-12-11(5-9)19(3-4-22-12)23(20,21)10-6-17-18(7-10)8-13(15)16/h1-2,5-7,13H,3-4,8H2. The third-order valence-electron chi connectivity index (χ3n) is 3.26. The van der Waals surface area contributed by atoms with Crippen LogP contribution in [-0.2, 0) is 16.6 Å². The van der Waals surface area contributed by atoms with Crippen molar-refractivity contribution in [3.05, 3.63) is 36.4 Å². The molecule has 0 aliphatic carbocycles. The first-order valence-electron chi connectivity index (χ1n) is 6.63. The van der Waals surface area contributed by atoms with Crippen LogP contribution in [0.4, 0.5) is 18.9 Å². The number of ether oxygens (including phenoxy) is 1. The van der Waals surface area contributed by atoms with Gasteiger partial charge < -0.3 is 4.74 Å². The number of halogens is 3. The van der Waals surface area contributed by atoms with Crippen molar-refractivity contribution in [2.45, 2.75) is 17.9 Å². The number of benzene rings is 1. The van der Waals surface area contributed by atoms with Gasteiger partial charge in [0.25, 0.3) is 16.4 Å². The molecule has 1 aromatic heterocycles. The van der Waals surface area contributed by atoms with Crippen LogP contribution in [0.1, 0.15) is 0 Å². The van der Waals surface area contributed by atoms with Crippen molar-refractivity contribution in [2.24, 2.45) is 0 Å². The van der Waals surface area contributed by atoms with Crippen LogP contribution in [0.3, 0.4) is 0 Å². The fourth-order valence-corrected chi connectivity index (χ4v) is 3.67. The molecule has 0 fully saturated rings. The summed E-state index contributed by atoms with van der Waals surface area (Å²) in [7, 11) is -4.05. The molecule has 0 saturated carbocycles. The minimum atomic E-state index is -4.05. The molecule has 2 aromatic rings. The predicted octanol–water partition coefficient (Wildman–Crippen LogP) is 1.88. The summed E-state index contributed by atoms with van der Waals surface area (Å²) in [5, 5.41) is 3.62. The Balaban J connectivity index is 1.98. The molecule has 0 saturated heterocycles. The molecule has 3 rings (SSSR count). The first-order chi connectivity index (χ1) is 10.9. The Morgan fingerprint density at radius 3 is 2.87 bits per heavy atom. The van der Waals surface area contributed by atoms with E-state index >= 15 is 0 Å². The molecule has 0 N–H and O–H groups in total. The van der Waals surface area contributed by atoms with Crippen LogP contribution in [0, 0.1) is 5.82 Å². The summed E-state index contributed by atoms with van der Waals surface area (Å²) in [6.07, 6.45) is -0.633. The van der Waals surface area contributed by atoms with E-state index in [0.29, 0.717) is 0 Å². The summed E-state index contributed by atoms with van der Waals surface area (Å²) < 4.78 is 70.6. The molecule has 0 unspecified atom stereocenters. The lowest BCUT2D eigenvalue weighted by Gasteiger charge is -2.29. The van der Waals surface area contributed by atoms with Gasteiger partial charge in [-0.2, -0.15) is 5.10 Å². The van der Waals surface area contributed by atoms with Crippen LogP contribution < -0.4 is 9.04 Å². The molecule has 124 valence electrons. The summed E-state index contributed by atoms with van der Waals surface area (Å²) in [4.78, 5) is -0.240. The second-order valence-corrected chi connectivity index (χ2v) is 6.69. The molecular weight excluding hydrogens is 335 g/mol. The second kappa shape index (κ2) is 5.76. The molecule has 6 nitrogen and oxygen atoms in total. The summed E-state index contributed by atoms with van der Waals surface area (Å²) in [6, 6.07) is 3.55. The number of anilines is 1. The molecule has 2 heterocycles. The lowest BCUT2D eigenvalue weighted by molar-refractivity contribution is 0.121. The fourth-order valence-electron chi connectivity index (χ4n) is 2.26. The zero-order valence-corrected chi connectivity index (χ0v) is 12.5. The number of hydrogen-bond donors (Lipinski definition) is 0.